The maximum atomic E-state index is 12.3. The summed E-state index contributed by atoms with van der Waals surface area (Å²) in [5.41, 5.74) is 1.35. The second kappa shape index (κ2) is 5.17. The Morgan fingerprint density at radius 2 is 1.79 bits per heavy atom. The zero-order valence-electron chi connectivity index (χ0n) is 10.3. The molecule has 3 heteroatoms. The van der Waals surface area contributed by atoms with Crippen LogP contribution >= 0.6 is 15.9 Å². The molecule has 0 heterocycles. The van der Waals surface area contributed by atoms with Gasteiger partial charge < -0.3 is 4.74 Å². The molecule has 0 N–H and O–H groups in total. The molecule has 1 fully saturated rings. The summed E-state index contributed by atoms with van der Waals surface area (Å²) in [5.74, 6) is 0.805. The fourth-order valence-corrected chi connectivity index (χ4v) is 2.12. The molecule has 0 atom stereocenters. The zero-order chi connectivity index (χ0) is 13.2. The van der Waals surface area contributed by atoms with Crippen molar-refractivity contribution in [3.8, 4) is 5.75 Å². The first-order valence-electron chi connectivity index (χ1n) is 6.29. The normalized spacial score (nSPS) is 14.2. The number of rotatable bonds is 4. The first-order valence-corrected chi connectivity index (χ1v) is 7.09. The third kappa shape index (κ3) is 3.04. The lowest BCUT2D eigenvalue weighted by Gasteiger charge is -2.06. The van der Waals surface area contributed by atoms with E-state index >= 15 is 0 Å². The number of ketones is 1. The highest BCUT2D eigenvalue weighted by atomic mass is 79.9. The summed E-state index contributed by atoms with van der Waals surface area (Å²) >= 11 is 3.37. The van der Waals surface area contributed by atoms with Crippen molar-refractivity contribution in [3.63, 3.8) is 0 Å². The second-order valence-corrected chi connectivity index (χ2v) is 5.60. The molecule has 0 bridgehead atoms. The van der Waals surface area contributed by atoms with E-state index in [9.17, 15) is 4.79 Å². The van der Waals surface area contributed by atoms with Gasteiger partial charge in [-0.25, -0.2) is 0 Å². The van der Waals surface area contributed by atoms with Gasteiger partial charge >= 0.3 is 0 Å². The van der Waals surface area contributed by atoms with E-state index < -0.39 is 0 Å². The average Bonchev–Trinajstić information content (AvgIpc) is 3.23. The van der Waals surface area contributed by atoms with Crippen LogP contribution in [0.3, 0.4) is 0 Å². The molecule has 0 spiro atoms. The summed E-state index contributed by atoms with van der Waals surface area (Å²) < 4.78 is 6.68. The predicted molar refractivity (Wildman–Crippen MR) is 77.7 cm³/mol. The van der Waals surface area contributed by atoms with Crippen LogP contribution in [0, 0.1) is 0 Å². The van der Waals surface area contributed by atoms with Crippen LogP contribution < -0.4 is 4.74 Å². The van der Waals surface area contributed by atoms with Gasteiger partial charge in [-0.2, -0.15) is 0 Å². The van der Waals surface area contributed by atoms with E-state index in [0.29, 0.717) is 17.2 Å². The summed E-state index contributed by atoms with van der Waals surface area (Å²) in [6.07, 6.45) is 2.58. The summed E-state index contributed by atoms with van der Waals surface area (Å²) in [5, 5.41) is 0. The van der Waals surface area contributed by atoms with Gasteiger partial charge in [0.05, 0.1) is 6.10 Å². The maximum absolute atomic E-state index is 12.3. The van der Waals surface area contributed by atoms with Crippen LogP contribution in [-0.4, -0.2) is 11.9 Å². The van der Waals surface area contributed by atoms with E-state index in [1.165, 1.54) is 0 Å². The lowest BCUT2D eigenvalue weighted by Crippen LogP contribution is -2.02. The van der Waals surface area contributed by atoms with Crippen molar-refractivity contribution in [3.05, 3.63) is 64.1 Å². The Kier molecular flexibility index (Phi) is 3.38. The standard InChI is InChI=1S/C16H13BrO2/c17-13-6-4-11(5-7-13)16(18)12-2-1-3-15(10-12)19-14-8-9-14/h1-7,10,14H,8-9H2. The molecule has 3 rings (SSSR count). The Hall–Kier alpha value is -1.61. The van der Waals surface area contributed by atoms with Crippen LogP contribution in [0.2, 0.25) is 0 Å². The number of hydrogen-bond donors (Lipinski definition) is 0. The lowest BCUT2D eigenvalue weighted by atomic mass is 10.0. The highest BCUT2D eigenvalue weighted by Crippen LogP contribution is 2.27. The maximum Gasteiger partial charge on any atom is 0.193 e. The van der Waals surface area contributed by atoms with Crippen molar-refractivity contribution in [1.29, 1.82) is 0 Å². The minimum absolute atomic E-state index is 0.0220. The molecular formula is C16H13BrO2. The van der Waals surface area contributed by atoms with Crippen molar-refractivity contribution in [1.82, 2.24) is 0 Å². The van der Waals surface area contributed by atoms with Crippen LogP contribution in [-0.2, 0) is 0 Å². The zero-order valence-corrected chi connectivity index (χ0v) is 11.9. The number of benzene rings is 2. The molecule has 0 saturated heterocycles. The van der Waals surface area contributed by atoms with Gasteiger partial charge in [0.25, 0.3) is 0 Å². The number of carbonyl (C=O) groups is 1. The minimum atomic E-state index is 0.0220. The van der Waals surface area contributed by atoms with E-state index in [-0.39, 0.29) is 5.78 Å². The molecule has 0 radical (unpaired) electrons. The van der Waals surface area contributed by atoms with Crippen LogP contribution in [0.25, 0.3) is 0 Å². The molecule has 2 nitrogen and oxygen atoms in total. The van der Waals surface area contributed by atoms with Crippen LogP contribution in [0.4, 0.5) is 0 Å². The van der Waals surface area contributed by atoms with Gasteiger partial charge in [-0.15, -0.1) is 0 Å². The van der Waals surface area contributed by atoms with Gasteiger partial charge in [-0.3, -0.25) is 4.79 Å². The Morgan fingerprint density at radius 3 is 2.47 bits per heavy atom. The van der Waals surface area contributed by atoms with E-state index in [1.807, 2.05) is 48.5 Å². The summed E-state index contributed by atoms with van der Waals surface area (Å²) in [6, 6.07) is 14.8. The predicted octanol–water partition coefficient (Wildman–Crippen LogP) is 4.22. The third-order valence-corrected chi connectivity index (χ3v) is 3.56. The van der Waals surface area contributed by atoms with Gasteiger partial charge in [0.2, 0.25) is 0 Å². The third-order valence-electron chi connectivity index (χ3n) is 3.03. The smallest absolute Gasteiger partial charge is 0.193 e. The first kappa shape index (κ1) is 12.4. The topological polar surface area (TPSA) is 26.3 Å². The Bertz CT molecular complexity index is 600. The molecule has 2 aromatic rings. The van der Waals surface area contributed by atoms with Crippen LogP contribution in [0.5, 0.6) is 5.75 Å². The summed E-state index contributed by atoms with van der Waals surface area (Å²) in [4.78, 5) is 12.3. The summed E-state index contributed by atoms with van der Waals surface area (Å²) in [7, 11) is 0. The van der Waals surface area contributed by atoms with E-state index in [1.54, 1.807) is 0 Å². The molecule has 19 heavy (non-hydrogen) atoms. The molecule has 0 aliphatic heterocycles. The highest BCUT2D eigenvalue weighted by Gasteiger charge is 2.23. The quantitative estimate of drug-likeness (QED) is 0.789. The van der Waals surface area contributed by atoms with Gasteiger partial charge in [0.15, 0.2) is 5.78 Å². The van der Waals surface area contributed by atoms with Gasteiger partial charge in [0.1, 0.15) is 5.75 Å². The van der Waals surface area contributed by atoms with Crippen LogP contribution in [0.15, 0.2) is 53.0 Å². The first-order chi connectivity index (χ1) is 9.22. The molecule has 1 aliphatic carbocycles. The molecule has 0 unspecified atom stereocenters. The summed E-state index contributed by atoms with van der Waals surface area (Å²) in [6.45, 7) is 0. The Balaban J connectivity index is 1.84. The van der Waals surface area contributed by atoms with Crippen molar-refractivity contribution >= 4 is 21.7 Å². The van der Waals surface area contributed by atoms with Crippen molar-refractivity contribution in [2.75, 3.05) is 0 Å². The van der Waals surface area contributed by atoms with Crippen molar-refractivity contribution < 1.29 is 9.53 Å². The van der Waals surface area contributed by atoms with Crippen molar-refractivity contribution in [2.24, 2.45) is 0 Å². The number of hydrogen-bond acceptors (Lipinski definition) is 2. The molecule has 1 saturated carbocycles. The molecular weight excluding hydrogens is 304 g/mol. The average molecular weight is 317 g/mol. The number of carbonyl (C=O) groups excluding carboxylic acids is 1. The van der Waals surface area contributed by atoms with Crippen molar-refractivity contribution in [2.45, 2.75) is 18.9 Å². The van der Waals surface area contributed by atoms with Crippen LogP contribution in [0.1, 0.15) is 28.8 Å². The monoisotopic (exact) mass is 316 g/mol. The molecule has 1 aliphatic rings. The highest BCUT2D eigenvalue weighted by molar-refractivity contribution is 9.10. The van der Waals surface area contributed by atoms with Gasteiger partial charge in [-0.1, -0.05) is 28.1 Å². The fraction of sp³-hybridized carbons (Fsp3) is 0.188. The van der Waals surface area contributed by atoms with Gasteiger partial charge in [0, 0.05) is 15.6 Å². The molecule has 0 aromatic heterocycles. The van der Waals surface area contributed by atoms with E-state index in [0.717, 1.165) is 23.1 Å². The molecule has 0 amide bonds. The van der Waals surface area contributed by atoms with E-state index in [4.69, 9.17) is 4.74 Å². The second-order valence-electron chi connectivity index (χ2n) is 4.68. The largest absolute Gasteiger partial charge is 0.490 e. The SMILES string of the molecule is O=C(c1ccc(Br)cc1)c1cccc(OC2CC2)c1. The Labute approximate surface area is 120 Å². The minimum Gasteiger partial charge on any atom is -0.490 e. The molecule has 96 valence electrons. The molecule has 2 aromatic carbocycles. The van der Waals surface area contributed by atoms with Gasteiger partial charge in [-0.05, 0) is 49.2 Å². The van der Waals surface area contributed by atoms with E-state index in [2.05, 4.69) is 15.9 Å². The number of halogens is 1. The lowest BCUT2D eigenvalue weighted by molar-refractivity contribution is 0.103. The number of ether oxygens (including phenoxy) is 1. The fourth-order valence-electron chi connectivity index (χ4n) is 1.86. The Morgan fingerprint density at radius 1 is 1.05 bits per heavy atom.